The lowest BCUT2D eigenvalue weighted by molar-refractivity contribution is -0.259. The highest BCUT2D eigenvalue weighted by molar-refractivity contribution is 4.83. The molecule has 72 valence electrons. The molecule has 1 rings (SSSR count). The van der Waals surface area contributed by atoms with E-state index in [1.807, 2.05) is 0 Å². The van der Waals surface area contributed by atoms with Crippen molar-refractivity contribution in [2.75, 3.05) is 20.8 Å². The third-order valence-electron chi connectivity index (χ3n) is 2.86. The van der Waals surface area contributed by atoms with Crippen LogP contribution in [0.5, 0.6) is 0 Å². The van der Waals surface area contributed by atoms with Gasteiger partial charge in [-0.3, -0.25) is 0 Å². The Bertz CT molecular complexity index is 132. The fourth-order valence-corrected chi connectivity index (χ4v) is 2.04. The van der Waals surface area contributed by atoms with Gasteiger partial charge in [-0.2, -0.15) is 0 Å². The Morgan fingerprint density at radius 1 is 1.33 bits per heavy atom. The van der Waals surface area contributed by atoms with Crippen LogP contribution >= 0.6 is 0 Å². The van der Waals surface area contributed by atoms with Gasteiger partial charge in [-0.1, -0.05) is 6.42 Å². The Balaban J connectivity index is 2.66. The summed E-state index contributed by atoms with van der Waals surface area (Å²) in [6.07, 6.45) is 4.18. The molecule has 0 heterocycles. The van der Waals surface area contributed by atoms with Crippen LogP contribution in [-0.4, -0.2) is 31.7 Å². The normalized spacial score (nSPS) is 28.8. The largest absolute Gasteiger partial charge is 0.396 e. The molecular formula is C9H18O3. The second-order valence-corrected chi connectivity index (χ2v) is 3.35. The molecule has 1 fully saturated rings. The van der Waals surface area contributed by atoms with E-state index in [2.05, 4.69) is 0 Å². The van der Waals surface area contributed by atoms with Crippen molar-refractivity contribution >= 4 is 0 Å². The van der Waals surface area contributed by atoms with Crippen LogP contribution in [0.15, 0.2) is 0 Å². The molecule has 0 saturated heterocycles. The molecule has 1 atom stereocenters. The van der Waals surface area contributed by atoms with Gasteiger partial charge in [0.2, 0.25) is 0 Å². The maximum absolute atomic E-state index is 9.13. The molecule has 3 heteroatoms. The first-order chi connectivity index (χ1) is 5.79. The number of aliphatic hydroxyl groups is 1. The maximum Gasteiger partial charge on any atom is 0.172 e. The van der Waals surface area contributed by atoms with Crippen LogP contribution in [0.4, 0.5) is 0 Å². The monoisotopic (exact) mass is 174 g/mol. The van der Waals surface area contributed by atoms with E-state index in [4.69, 9.17) is 14.6 Å². The molecule has 0 aromatic heterocycles. The molecule has 0 unspecified atom stereocenters. The van der Waals surface area contributed by atoms with E-state index in [-0.39, 0.29) is 12.5 Å². The lowest BCUT2D eigenvalue weighted by Gasteiger charge is -2.40. The van der Waals surface area contributed by atoms with Crippen LogP contribution in [0, 0.1) is 5.92 Å². The maximum atomic E-state index is 9.13. The van der Waals surface area contributed by atoms with Crippen molar-refractivity contribution < 1.29 is 14.6 Å². The highest BCUT2D eigenvalue weighted by Gasteiger charge is 2.40. The van der Waals surface area contributed by atoms with E-state index in [1.54, 1.807) is 14.2 Å². The van der Waals surface area contributed by atoms with Gasteiger partial charge >= 0.3 is 0 Å². The number of rotatable bonds is 3. The van der Waals surface area contributed by atoms with Gasteiger partial charge < -0.3 is 14.6 Å². The first-order valence-corrected chi connectivity index (χ1v) is 4.50. The molecule has 0 aromatic rings. The molecule has 0 bridgehead atoms. The molecule has 1 aliphatic carbocycles. The number of hydrogen-bond acceptors (Lipinski definition) is 3. The minimum absolute atomic E-state index is 0.140. The average molecular weight is 174 g/mol. The van der Waals surface area contributed by atoms with Gasteiger partial charge in [0.1, 0.15) is 0 Å². The van der Waals surface area contributed by atoms with E-state index in [0.29, 0.717) is 0 Å². The smallest absolute Gasteiger partial charge is 0.172 e. The topological polar surface area (TPSA) is 38.7 Å². The second-order valence-electron chi connectivity index (χ2n) is 3.35. The van der Waals surface area contributed by atoms with Crippen LogP contribution in [0.2, 0.25) is 0 Å². The third-order valence-corrected chi connectivity index (χ3v) is 2.86. The van der Waals surface area contributed by atoms with Gasteiger partial charge in [0.25, 0.3) is 0 Å². The zero-order valence-electron chi connectivity index (χ0n) is 7.88. The fourth-order valence-electron chi connectivity index (χ4n) is 2.04. The zero-order chi connectivity index (χ0) is 9.03. The predicted octanol–water partition coefficient (Wildman–Crippen LogP) is 1.16. The van der Waals surface area contributed by atoms with Crippen LogP contribution < -0.4 is 0 Å². The molecule has 1 aliphatic rings. The Morgan fingerprint density at radius 2 is 2.00 bits per heavy atom. The van der Waals surface area contributed by atoms with E-state index in [0.717, 1.165) is 19.3 Å². The van der Waals surface area contributed by atoms with Crippen molar-refractivity contribution in [2.24, 2.45) is 5.92 Å². The molecule has 0 aromatic carbocycles. The van der Waals surface area contributed by atoms with Crippen molar-refractivity contribution in [1.82, 2.24) is 0 Å². The molecule has 3 nitrogen and oxygen atoms in total. The Labute approximate surface area is 73.7 Å². The van der Waals surface area contributed by atoms with E-state index < -0.39 is 5.79 Å². The van der Waals surface area contributed by atoms with E-state index >= 15 is 0 Å². The molecule has 1 saturated carbocycles. The van der Waals surface area contributed by atoms with Crippen LogP contribution in [0.25, 0.3) is 0 Å². The van der Waals surface area contributed by atoms with Gasteiger partial charge in [-0.05, 0) is 12.8 Å². The predicted molar refractivity (Wildman–Crippen MR) is 45.8 cm³/mol. The van der Waals surface area contributed by atoms with Gasteiger partial charge in [0, 0.05) is 26.6 Å². The standard InChI is InChI=1S/C9H18O3/c1-11-9(12-2)6-4-3-5-8(9)7-10/h8,10H,3-7H2,1-2H3/t8-/m1/s1. The third kappa shape index (κ3) is 1.63. The summed E-state index contributed by atoms with van der Waals surface area (Å²) < 4.78 is 10.7. The molecule has 1 N–H and O–H groups in total. The summed E-state index contributed by atoms with van der Waals surface area (Å²) in [6.45, 7) is 0.154. The number of ether oxygens (including phenoxy) is 2. The van der Waals surface area contributed by atoms with Crippen molar-refractivity contribution in [1.29, 1.82) is 0 Å². The Kier molecular flexibility index (Phi) is 3.50. The van der Waals surface area contributed by atoms with Crippen molar-refractivity contribution in [3.05, 3.63) is 0 Å². The summed E-state index contributed by atoms with van der Waals surface area (Å²) in [5.41, 5.74) is 0. The quantitative estimate of drug-likeness (QED) is 0.652. The summed E-state index contributed by atoms with van der Waals surface area (Å²) >= 11 is 0. The summed E-state index contributed by atoms with van der Waals surface area (Å²) in [4.78, 5) is 0. The summed E-state index contributed by atoms with van der Waals surface area (Å²) in [7, 11) is 3.30. The zero-order valence-corrected chi connectivity index (χ0v) is 7.88. The SMILES string of the molecule is COC1(OC)CCCC[C@@H]1CO. The van der Waals surface area contributed by atoms with Crippen LogP contribution in [0.3, 0.4) is 0 Å². The molecular weight excluding hydrogens is 156 g/mol. The van der Waals surface area contributed by atoms with Crippen LogP contribution in [-0.2, 0) is 9.47 Å². The molecule has 0 amide bonds. The Hall–Kier alpha value is -0.120. The molecule has 0 aliphatic heterocycles. The highest BCUT2D eigenvalue weighted by Crippen LogP contribution is 2.36. The molecule has 12 heavy (non-hydrogen) atoms. The van der Waals surface area contributed by atoms with Crippen molar-refractivity contribution in [2.45, 2.75) is 31.5 Å². The molecule has 0 spiro atoms. The first-order valence-electron chi connectivity index (χ1n) is 4.50. The summed E-state index contributed by atoms with van der Waals surface area (Å²) in [5, 5.41) is 9.13. The number of methoxy groups -OCH3 is 2. The van der Waals surface area contributed by atoms with Crippen LogP contribution in [0.1, 0.15) is 25.7 Å². The van der Waals surface area contributed by atoms with Crippen molar-refractivity contribution in [3.8, 4) is 0 Å². The highest BCUT2D eigenvalue weighted by atomic mass is 16.7. The minimum Gasteiger partial charge on any atom is -0.396 e. The van der Waals surface area contributed by atoms with Gasteiger partial charge in [0.05, 0.1) is 6.61 Å². The minimum atomic E-state index is -0.521. The van der Waals surface area contributed by atoms with E-state index in [1.165, 1.54) is 6.42 Å². The summed E-state index contributed by atoms with van der Waals surface area (Å²) in [5.74, 6) is -0.381. The Morgan fingerprint density at radius 3 is 2.42 bits per heavy atom. The van der Waals surface area contributed by atoms with Gasteiger partial charge in [-0.15, -0.1) is 0 Å². The van der Waals surface area contributed by atoms with Gasteiger partial charge in [0.15, 0.2) is 5.79 Å². The second kappa shape index (κ2) is 4.21. The lowest BCUT2D eigenvalue weighted by Crippen LogP contribution is -2.45. The van der Waals surface area contributed by atoms with Crippen molar-refractivity contribution in [3.63, 3.8) is 0 Å². The van der Waals surface area contributed by atoms with E-state index in [9.17, 15) is 0 Å². The first kappa shape index (κ1) is 9.96. The molecule has 0 radical (unpaired) electrons. The average Bonchev–Trinajstić information content (AvgIpc) is 2.17. The summed E-state index contributed by atoms with van der Waals surface area (Å²) in [6, 6.07) is 0. The number of hydrogen-bond donors (Lipinski definition) is 1. The number of aliphatic hydroxyl groups excluding tert-OH is 1. The lowest BCUT2D eigenvalue weighted by atomic mass is 9.83. The van der Waals surface area contributed by atoms with Gasteiger partial charge in [-0.25, -0.2) is 0 Å². The fraction of sp³-hybridized carbons (Fsp3) is 1.00.